The molecule has 8 heteroatoms. The quantitative estimate of drug-likeness (QED) is 0.264. The van der Waals surface area contributed by atoms with Crippen molar-refractivity contribution in [3.8, 4) is 0 Å². The average Bonchev–Trinajstić information content (AvgIpc) is 2.92. The fourth-order valence-electron chi connectivity index (χ4n) is 3.14. The predicted octanol–water partition coefficient (Wildman–Crippen LogP) is 4.29. The number of unbranched alkanes of at least 4 members (excludes halogenated alkanes) is 7. The van der Waals surface area contributed by atoms with Crippen LogP contribution in [0.3, 0.4) is 0 Å². The number of carbonyl (C=O) groups excluding carboxylic acids is 2. The molecule has 2 unspecified atom stereocenters. The third-order valence-corrected chi connectivity index (χ3v) is 6.63. The van der Waals surface area contributed by atoms with Crippen LogP contribution in [0.15, 0.2) is 0 Å². The van der Waals surface area contributed by atoms with Crippen molar-refractivity contribution in [1.82, 2.24) is 16.9 Å². The Labute approximate surface area is 160 Å². The molecule has 2 rings (SSSR count). The van der Waals surface area contributed by atoms with Gasteiger partial charge in [-0.3, -0.25) is 0 Å². The Bertz CT molecular complexity index is 424. The first-order valence-corrected chi connectivity index (χ1v) is 9.99. The SMILES string of the molecule is CCCCCCCCCCC12NC(=O)NC1N(I)C(=O)N2I. The van der Waals surface area contributed by atoms with Crippen molar-refractivity contribution in [2.75, 3.05) is 0 Å². The molecule has 2 atom stereocenters. The van der Waals surface area contributed by atoms with E-state index in [9.17, 15) is 9.59 Å². The summed E-state index contributed by atoms with van der Waals surface area (Å²) in [4.78, 5) is 23.8. The molecule has 0 bridgehead atoms. The standard InChI is InChI=1S/C14H24I2N4O2/c1-2-3-4-5-6-7-8-9-10-14-11(17-12(21)18-14)19(15)13(22)20(14)16/h11H,2-10H2,1H3,(H2,17,18,21). The summed E-state index contributed by atoms with van der Waals surface area (Å²) >= 11 is 4.00. The van der Waals surface area contributed by atoms with Crippen molar-refractivity contribution in [3.05, 3.63) is 0 Å². The fraction of sp³-hybridized carbons (Fsp3) is 0.857. The predicted molar refractivity (Wildman–Crippen MR) is 103 cm³/mol. The summed E-state index contributed by atoms with van der Waals surface area (Å²) in [5.74, 6) is 0. The van der Waals surface area contributed by atoms with Crippen LogP contribution in [-0.2, 0) is 0 Å². The van der Waals surface area contributed by atoms with E-state index in [0.29, 0.717) is 0 Å². The van der Waals surface area contributed by atoms with Gasteiger partial charge in [0.25, 0.3) is 0 Å². The maximum absolute atomic E-state index is 12.1. The molecule has 2 heterocycles. The van der Waals surface area contributed by atoms with Gasteiger partial charge in [-0.1, -0.05) is 51.9 Å². The van der Waals surface area contributed by atoms with Crippen molar-refractivity contribution in [1.29, 1.82) is 0 Å². The van der Waals surface area contributed by atoms with Gasteiger partial charge in [-0.2, -0.15) is 0 Å². The van der Waals surface area contributed by atoms with Crippen LogP contribution in [-0.4, -0.2) is 30.1 Å². The Morgan fingerprint density at radius 3 is 2.27 bits per heavy atom. The highest BCUT2D eigenvalue weighted by Gasteiger charge is 2.61. The van der Waals surface area contributed by atoms with Crippen molar-refractivity contribution in [3.63, 3.8) is 0 Å². The lowest BCUT2D eigenvalue weighted by Crippen LogP contribution is -2.54. The van der Waals surface area contributed by atoms with Gasteiger partial charge in [0.15, 0.2) is 11.8 Å². The molecule has 0 aliphatic carbocycles. The van der Waals surface area contributed by atoms with Crippen LogP contribution in [0.25, 0.3) is 0 Å². The number of nitrogens with zero attached hydrogens (tertiary/aromatic N) is 2. The van der Waals surface area contributed by atoms with Gasteiger partial charge in [0.05, 0.1) is 45.7 Å². The summed E-state index contributed by atoms with van der Waals surface area (Å²) in [5.41, 5.74) is -0.599. The number of urea groups is 2. The summed E-state index contributed by atoms with van der Waals surface area (Å²) in [6.07, 6.45) is 10.5. The van der Waals surface area contributed by atoms with Gasteiger partial charge < -0.3 is 10.6 Å². The van der Waals surface area contributed by atoms with Gasteiger partial charge in [-0.05, 0) is 12.8 Å². The number of rotatable bonds is 9. The van der Waals surface area contributed by atoms with Crippen LogP contribution in [0, 0.1) is 0 Å². The highest BCUT2D eigenvalue weighted by Crippen LogP contribution is 2.40. The first-order valence-electron chi connectivity index (χ1n) is 8.06. The molecule has 0 aromatic heterocycles. The van der Waals surface area contributed by atoms with E-state index in [1.165, 1.54) is 38.5 Å². The number of fused-ring (bicyclic) bond motifs is 1. The molecule has 22 heavy (non-hydrogen) atoms. The zero-order valence-corrected chi connectivity index (χ0v) is 17.2. The molecule has 0 aromatic rings. The lowest BCUT2D eigenvalue weighted by atomic mass is 9.99. The van der Waals surface area contributed by atoms with Crippen molar-refractivity contribution < 1.29 is 9.59 Å². The highest BCUT2D eigenvalue weighted by atomic mass is 127. The van der Waals surface area contributed by atoms with Crippen LogP contribution in [0.5, 0.6) is 0 Å². The van der Waals surface area contributed by atoms with Gasteiger partial charge in [-0.15, -0.1) is 0 Å². The molecular weight excluding hydrogens is 510 g/mol. The summed E-state index contributed by atoms with van der Waals surface area (Å²) in [5, 5.41) is 5.80. The Balaban J connectivity index is 1.78. The van der Waals surface area contributed by atoms with Crippen LogP contribution < -0.4 is 10.6 Å². The monoisotopic (exact) mass is 534 g/mol. The zero-order chi connectivity index (χ0) is 16.2. The second-order valence-corrected chi connectivity index (χ2v) is 8.03. The molecule has 126 valence electrons. The molecule has 2 aliphatic rings. The number of nitrogens with one attached hydrogen (secondary N) is 2. The zero-order valence-electron chi connectivity index (χ0n) is 12.9. The first kappa shape index (κ1) is 18.3. The Morgan fingerprint density at radius 1 is 1.05 bits per heavy atom. The molecule has 6 nitrogen and oxygen atoms in total. The van der Waals surface area contributed by atoms with E-state index in [1.54, 1.807) is 6.23 Å². The minimum absolute atomic E-state index is 0.0711. The molecule has 2 saturated heterocycles. The van der Waals surface area contributed by atoms with Crippen LogP contribution >= 0.6 is 45.7 Å². The van der Waals surface area contributed by atoms with Crippen LogP contribution in [0.4, 0.5) is 9.59 Å². The van der Waals surface area contributed by atoms with E-state index in [4.69, 9.17) is 0 Å². The number of amides is 4. The van der Waals surface area contributed by atoms with Gasteiger partial charge in [0.1, 0.15) is 0 Å². The van der Waals surface area contributed by atoms with Crippen LogP contribution in [0.2, 0.25) is 0 Å². The number of hydrogen-bond donors (Lipinski definition) is 2. The maximum Gasteiger partial charge on any atom is 0.341 e. The highest BCUT2D eigenvalue weighted by molar-refractivity contribution is 14.1. The lowest BCUT2D eigenvalue weighted by molar-refractivity contribution is 0.198. The van der Waals surface area contributed by atoms with E-state index in [-0.39, 0.29) is 18.2 Å². The summed E-state index contributed by atoms with van der Waals surface area (Å²) in [6, 6.07) is -0.265. The second kappa shape index (κ2) is 8.20. The average molecular weight is 534 g/mol. The molecule has 2 fully saturated rings. The third kappa shape index (κ3) is 3.73. The Morgan fingerprint density at radius 2 is 1.64 bits per heavy atom. The van der Waals surface area contributed by atoms with Crippen molar-refractivity contribution in [2.24, 2.45) is 0 Å². The molecule has 2 N–H and O–H groups in total. The first-order chi connectivity index (χ1) is 10.5. The van der Waals surface area contributed by atoms with Gasteiger partial charge in [0.2, 0.25) is 0 Å². The van der Waals surface area contributed by atoms with Crippen LogP contribution in [0.1, 0.15) is 64.7 Å². The Hall–Kier alpha value is 0. The third-order valence-electron chi connectivity index (χ3n) is 4.39. The largest absolute Gasteiger partial charge is 0.341 e. The second-order valence-electron chi connectivity index (χ2n) is 6.02. The summed E-state index contributed by atoms with van der Waals surface area (Å²) in [7, 11) is 0. The normalized spacial score (nSPS) is 27.1. The number of hydrogen-bond acceptors (Lipinski definition) is 2. The van der Waals surface area contributed by atoms with E-state index in [0.717, 1.165) is 19.3 Å². The summed E-state index contributed by atoms with van der Waals surface area (Å²) < 4.78 is 3.22. The van der Waals surface area contributed by atoms with E-state index < -0.39 is 5.66 Å². The van der Waals surface area contributed by atoms with E-state index in [1.807, 2.05) is 45.7 Å². The van der Waals surface area contributed by atoms with Gasteiger partial charge in [-0.25, -0.2) is 15.8 Å². The topological polar surface area (TPSA) is 64.7 Å². The number of halogens is 2. The molecule has 0 spiro atoms. The molecule has 0 aromatic carbocycles. The molecule has 2 aliphatic heterocycles. The smallest absolute Gasteiger partial charge is 0.313 e. The molecular formula is C14H24I2N4O2. The van der Waals surface area contributed by atoms with E-state index >= 15 is 0 Å². The lowest BCUT2D eigenvalue weighted by Gasteiger charge is -2.31. The molecule has 0 saturated carbocycles. The van der Waals surface area contributed by atoms with Crippen molar-refractivity contribution in [2.45, 2.75) is 76.5 Å². The molecule has 0 radical (unpaired) electrons. The van der Waals surface area contributed by atoms with Gasteiger partial charge in [0, 0.05) is 0 Å². The van der Waals surface area contributed by atoms with E-state index in [2.05, 4.69) is 17.6 Å². The Kier molecular flexibility index (Phi) is 6.84. The number of carbonyl (C=O) groups is 2. The maximum atomic E-state index is 12.1. The minimum atomic E-state index is -0.599. The molecule has 4 amide bonds. The fourth-order valence-corrected chi connectivity index (χ4v) is 5.22. The minimum Gasteiger partial charge on any atom is -0.313 e. The van der Waals surface area contributed by atoms with Gasteiger partial charge >= 0.3 is 12.1 Å². The summed E-state index contributed by atoms with van der Waals surface area (Å²) in [6.45, 7) is 2.23. The van der Waals surface area contributed by atoms with Crippen molar-refractivity contribution >= 4 is 57.8 Å².